The van der Waals surface area contributed by atoms with Crippen LogP contribution in [0.2, 0.25) is 0 Å². The molecular formula is C52H35N3O. The lowest BCUT2D eigenvalue weighted by molar-refractivity contribution is 0.669. The van der Waals surface area contributed by atoms with Gasteiger partial charge in [0.05, 0.1) is 22.1 Å². The maximum atomic E-state index is 6.56. The van der Waals surface area contributed by atoms with Crippen molar-refractivity contribution in [3.05, 3.63) is 212 Å². The van der Waals surface area contributed by atoms with E-state index < -0.39 is 0 Å². The van der Waals surface area contributed by atoms with Crippen LogP contribution >= 0.6 is 0 Å². The summed E-state index contributed by atoms with van der Waals surface area (Å²) >= 11 is 0. The van der Waals surface area contributed by atoms with Crippen molar-refractivity contribution < 1.29 is 4.42 Å². The van der Waals surface area contributed by atoms with Gasteiger partial charge in [-0.15, -0.1) is 0 Å². The van der Waals surface area contributed by atoms with Crippen LogP contribution in [0.25, 0.3) is 60.2 Å². The van der Waals surface area contributed by atoms with Crippen LogP contribution in [0, 0.1) is 0 Å². The highest BCUT2D eigenvalue weighted by Crippen LogP contribution is 2.46. The Morgan fingerprint density at radius 1 is 0.339 bits per heavy atom. The Balaban J connectivity index is 1.12. The van der Waals surface area contributed by atoms with Crippen molar-refractivity contribution >= 4 is 88.6 Å². The number of fused-ring (bicyclic) bond motifs is 7. The van der Waals surface area contributed by atoms with E-state index in [-0.39, 0.29) is 0 Å². The molecule has 11 rings (SSSR count). The minimum atomic E-state index is 0.859. The van der Waals surface area contributed by atoms with Gasteiger partial charge in [0.1, 0.15) is 11.2 Å². The van der Waals surface area contributed by atoms with Crippen LogP contribution in [0.4, 0.5) is 34.1 Å². The zero-order valence-electron chi connectivity index (χ0n) is 30.5. The van der Waals surface area contributed by atoms with Crippen molar-refractivity contribution in [2.24, 2.45) is 0 Å². The topological polar surface area (TPSA) is 24.6 Å². The minimum Gasteiger partial charge on any atom is -0.456 e. The third-order valence-electron chi connectivity index (χ3n) is 10.9. The minimum absolute atomic E-state index is 0.859. The van der Waals surface area contributed by atoms with Crippen molar-refractivity contribution in [2.45, 2.75) is 0 Å². The van der Waals surface area contributed by atoms with Gasteiger partial charge in [0.2, 0.25) is 0 Å². The van der Waals surface area contributed by atoms with Gasteiger partial charge in [-0.1, -0.05) is 115 Å². The summed E-state index contributed by atoms with van der Waals surface area (Å²) in [5.74, 6) is 0. The number of anilines is 6. The number of furan rings is 1. The molecule has 264 valence electrons. The molecule has 4 heteroatoms. The molecule has 0 amide bonds. The molecule has 2 heterocycles. The van der Waals surface area contributed by atoms with Gasteiger partial charge in [0, 0.05) is 50.3 Å². The third kappa shape index (κ3) is 5.23. The Labute approximate surface area is 324 Å². The fraction of sp³-hybridized carbons (Fsp3) is 0. The molecule has 56 heavy (non-hydrogen) atoms. The molecule has 2 aromatic heterocycles. The summed E-state index contributed by atoms with van der Waals surface area (Å²) in [6.45, 7) is 0. The van der Waals surface area contributed by atoms with Gasteiger partial charge in [-0.2, -0.15) is 0 Å². The van der Waals surface area contributed by atoms with Crippen LogP contribution in [0.5, 0.6) is 0 Å². The van der Waals surface area contributed by atoms with E-state index in [2.05, 4.69) is 227 Å². The average Bonchev–Trinajstić information content (AvgIpc) is 3.79. The fourth-order valence-electron chi connectivity index (χ4n) is 8.43. The van der Waals surface area contributed by atoms with Gasteiger partial charge >= 0.3 is 0 Å². The Bertz CT molecular complexity index is 3200. The van der Waals surface area contributed by atoms with Crippen molar-refractivity contribution in [3.8, 4) is 5.69 Å². The molecule has 0 aliphatic rings. The van der Waals surface area contributed by atoms with E-state index in [4.69, 9.17) is 4.42 Å². The van der Waals surface area contributed by atoms with Crippen LogP contribution in [-0.2, 0) is 0 Å². The lowest BCUT2D eigenvalue weighted by Gasteiger charge is -2.29. The first-order valence-electron chi connectivity index (χ1n) is 19.0. The second-order valence-electron chi connectivity index (χ2n) is 14.2. The van der Waals surface area contributed by atoms with E-state index >= 15 is 0 Å². The van der Waals surface area contributed by atoms with E-state index in [9.17, 15) is 0 Å². The molecule has 0 spiro atoms. The Morgan fingerprint density at radius 3 is 1.68 bits per heavy atom. The van der Waals surface area contributed by atoms with Gasteiger partial charge in [-0.3, -0.25) is 0 Å². The van der Waals surface area contributed by atoms with E-state index in [1.807, 2.05) is 0 Å². The number of nitrogens with zero attached hydrogens (tertiary/aromatic N) is 3. The second kappa shape index (κ2) is 13.1. The monoisotopic (exact) mass is 717 g/mol. The quantitative estimate of drug-likeness (QED) is 0.164. The van der Waals surface area contributed by atoms with E-state index in [1.165, 1.54) is 21.7 Å². The number of rotatable bonds is 7. The maximum absolute atomic E-state index is 6.56. The van der Waals surface area contributed by atoms with E-state index in [0.717, 1.165) is 72.7 Å². The van der Waals surface area contributed by atoms with Gasteiger partial charge < -0.3 is 18.8 Å². The summed E-state index contributed by atoms with van der Waals surface area (Å²) < 4.78 is 8.94. The molecule has 11 aromatic rings. The lowest BCUT2D eigenvalue weighted by Crippen LogP contribution is -2.13. The first-order valence-corrected chi connectivity index (χ1v) is 19.0. The van der Waals surface area contributed by atoms with Gasteiger partial charge in [-0.05, 0) is 108 Å². The molecule has 0 saturated heterocycles. The SMILES string of the molecule is c1ccc(N(c2cccc(N(c3ccccc3)c3cccc4oc5cc6ccccc6cc5c34)c2)c2ccc3c4ccccc4n(-c4ccccc4)c3c2)cc1. The normalized spacial score (nSPS) is 11.6. The van der Waals surface area contributed by atoms with Crippen molar-refractivity contribution in [2.75, 3.05) is 9.80 Å². The maximum Gasteiger partial charge on any atom is 0.137 e. The number of para-hydroxylation sites is 4. The van der Waals surface area contributed by atoms with Gasteiger partial charge in [-0.25, -0.2) is 0 Å². The number of hydrogen-bond acceptors (Lipinski definition) is 3. The summed E-state index contributed by atoms with van der Waals surface area (Å²) in [5.41, 5.74) is 11.6. The average molecular weight is 718 g/mol. The zero-order chi connectivity index (χ0) is 37.0. The highest BCUT2D eigenvalue weighted by Gasteiger charge is 2.22. The Kier molecular flexibility index (Phi) is 7.46. The molecule has 0 saturated carbocycles. The van der Waals surface area contributed by atoms with Gasteiger partial charge in [0.15, 0.2) is 0 Å². The summed E-state index contributed by atoms with van der Waals surface area (Å²) in [5, 5.41) is 6.99. The number of hydrogen-bond donors (Lipinski definition) is 0. The molecular weight excluding hydrogens is 683 g/mol. The number of benzene rings is 9. The zero-order valence-corrected chi connectivity index (χ0v) is 30.5. The lowest BCUT2D eigenvalue weighted by atomic mass is 10.0. The highest BCUT2D eigenvalue weighted by molar-refractivity contribution is 6.16. The van der Waals surface area contributed by atoms with Crippen LogP contribution in [-0.4, -0.2) is 4.57 Å². The molecule has 0 radical (unpaired) electrons. The smallest absolute Gasteiger partial charge is 0.137 e. The Hall–Kier alpha value is -7.56. The predicted molar refractivity (Wildman–Crippen MR) is 235 cm³/mol. The summed E-state index contributed by atoms with van der Waals surface area (Å²) in [6.07, 6.45) is 0. The molecule has 4 nitrogen and oxygen atoms in total. The molecule has 0 N–H and O–H groups in total. The summed E-state index contributed by atoms with van der Waals surface area (Å²) in [6, 6.07) is 75.6. The van der Waals surface area contributed by atoms with Crippen molar-refractivity contribution in [1.82, 2.24) is 4.57 Å². The van der Waals surface area contributed by atoms with Crippen LogP contribution in [0.15, 0.2) is 217 Å². The molecule has 0 aliphatic carbocycles. The van der Waals surface area contributed by atoms with Crippen molar-refractivity contribution in [3.63, 3.8) is 0 Å². The largest absolute Gasteiger partial charge is 0.456 e. The van der Waals surface area contributed by atoms with Crippen LogP contribution in [0.1, 0.15) is 0 Å². The summed E-state index contributed by atoms with van der Waals surface area (Å²) in [4.78, 5) is 4.72. The van der Waals surface area contributed by atoms with Crippen LogP contribution < -0.4 is 9.80 Å². The molecule has 0 bridgehead atoms. The standard InChI is InChI=1S/C52H35N3O/c1-4-18-38(19-5-1)53(43-30-31-45-44-26-12-13-27-47(44)55(49(45)35-43)40-22-8-3-9-23-40)41-24-14-25-42(34-41)54(39-20-6-2-7-21-39)48-28-15-29-50-52(48)46-32-36-16-10-11-17-37(36)33-51(46)56-50/h1-35H. The molecule has 0 fully saturated rings. The molecule has 0 unspecified atom stereocenters. The van der Waals surface area contributed by atoms with Crippen molar-refractivity contribution in [1.29, 1.82) is 0 Å². The Morgan fingerprint density at radius 2 is 0.911 bits per heavy atom. The van der Waals surface area contributed by atoms with Crippen LogP contribution in [0.3, 0.4) is 0 Å². The third-order valence-corrected chi connectivity index (χ3v) is 10.9. The second-order valence-corrected chi connectivity index (χ2v) is 14.2. The van der Waals surface area contributed by atoms with E-state index in [0.29, 0.717) is 0 Å². The first-order chi connectivity index (χ1) is 27.8. The fourth-order valence-corrected chi connectivity index (χ4v) is 8.43. The summed E-state index contributed by atoms with van der Waals surface area (Å²) in [7, 11) is 0. The predicted octanol–water partition coefficient (Wildman–Crippen LogP) is 14.8. The first kappa shape index (κ1) is 31.9. The molecule has 0 aliphatic heterocycles. The molecule has 9 aromatic carbocycles. The number of aromatic nitrogens is 1. The van der Waals surface area contributed by atoms with Gasteiger partial charge in [0.25, 0.3) is 0 Å². The van der Waals surface area contributed by atoms with E-state index in [1.54, 1.807) is 0 Å². The highest BCUT2D eigenvalue weighted by atomic mass is 16.3. The molecule has 0 atom stereocenters.